The minimum Gasteiger partial charge on any atom is -0.497 e. The SMILES string of the molecule is COc1ccc(COCC/C(=C\CO[Si](c2ccccc2)(c2ccccc2)C(C)(C)C)CC(=O)C(C)(C)CSc2ccccc2)cc1. The molecule has 0 saturated carbocycles. The molecular weight excluding hydrogens is 617 g/mol. The van der Waals surface area contributed by atoms with Crippen LogP contribution < -0.4 is 15.1 Å². The van der Waals surface area contributed by atoms with E-state index in [1.54, 1.807) is 18.9 Å². The second kappa shape index (κ2) is 17.1. The maximum atomic E-state index is 13.8. The molecule has 4 rings (SSSR count). The number of carbonyl (C=O) groups is 1. The Hall–Kier alpha value is -3.42. The molecule has 0 N–H and O–H groups in total. The van der Waals surface area contributed by atoms with Crippen LogP contribution in [-0.2, 0) is 20.6 Å². The third-order valence-corrected chi connectivity index (χ3v) is 15.0. The Morgan fingerprint density at radius 2 is 1.32 bits per heavy atom. The molecule has 0 aliphatic carbocycles. The molecule has 248 valence electrons. The van der Waals surface area contributed by atoms with Crippen molar-refractivity contribution in [3.63, 3.8) is 0 Å². The zero-order chi connectivity index (χ0) is 33.8. The van der Waals surface area contributed by atoms with Gasteiger partial charge in [0.05, 0.1) is 26.9 Å². The van der Waals surface area contributed by atoms with E-state index in [-0.39, 0.29) is 10.8 Å². The van der Waals surface area contributed by atoms with E-state index in [1.807, 2.05) is 42.5 Å². The summed E-state index contributed by atoms with van der Waals surface area (Å²) in [5.41, 5.74) is 1.66. The zero-order valence-electron chi connectivity index (χ0n) is 28.8. The number of ketones is 1. The van der Waals surface area contributed by atoms with Gasteiger partial charge >= 0.3 is 0 Å². The average molecular weight is 667 g/mol. The van der Waals surface area contributed by atoms with Crippen molar-refractivity contribution < 1.29 is 18.7 Å². The van der Waals surface area contributed by atoms with Crippen molar-refractivity contribution in [1.82, 2.24) is 0 Å². The summed E-state index contributed by atoms with van der Waals surface area (Å²) in [5, 5.41) is 2.36. The Balaban J connectivity index is 1.54. The van der Waals surface area contributed by atoms with Crippen LogP contribution in [0.5, 0.6) is 5.75 Å². The number of hydrogen-bond acceptors (Lipinski definition) is 5. The molecule has 0 atom stereocenters. The first kappa shape index (κ1) is 36.4. The minimum atomic E-state index is -2.71. The quantitative estimate of drug-likeness (QED) is 0.0488. The van der Waals surface area contributed by atoms with Crippen LogP contribution in [0.2, 0.25) is 5.04 Å². The van der Waals surface area contributed by atoms with Gasteiger partial charge in [-0.2, -0.15) is 0 Å². The first-order valence-corrected chi connectivity index (χ1v) is 19.3. The van der Waals surface area contributed by atoms with E-state index in [4.69, 9.17) is 13.9 Å². The van der Waals surface area contributed by atoms with Crippen molar-refractivity contribution in [2.24, 2.45) is 5.41 Å². The largest absolute Gasteiger partial charge is 0.497 e. The van der Waals surface area contributed by atoms with Crippen molar-refractivity contribution in [2.45, 2.75) is 64.0 Å². The highest BCUT2D eigenvalue weighted by Gasteiger charge is 2.49. The van der Waals surface area contributed by atoms with E-state index in [2.05, 4.69) is 113 Å². The molecule has 0 bridgehead atoms. The number of thioether (sulfide) groups is 1. The second-order valence-electron chi connectivity index (χ2n) is 13.6. The molecule has 0 spiro atoms. The molecule has 6 heteroatoms. The highest BCUT2D eigenvalue weighted by Crippen LogP contribution is 2.37. The van der Waals surface area contributed by atoms with Crippen LogP contribution in [-0.4, -0.2) is 40.2 Å². The summed E-state index contributed by atoms with van der Waals surface area (Å²) in [7, 11) is -1.04. The van der Waals surface area contributed by atoms with Crippen LogP contribution >= 0.6 is 11.8 Å². The smallest absolute Gasteiger partial charge is 0.261 e. The Bertz CT molecular complexity index is 1510. The first-order valence-electron chi connectivity index (χ1n) is 16.4. The molecule has 0 amide bonds. The molecule has 0 radical (unpaired) electrons. The summed E-state index contributed by atoms with van der Waals surface area (Å²) < 4.78 is 18.5. The Morgan fingerprint density at radius 3 is 1.85 bits per heavy atom. The molecule has 47 heavy (non-hydrogen) atoms. The van der Waals surface area contributed by atoms with Gasteiger partial charge in [-0.05, 0) is 51.7 Å². The van der Waals surface area contributed by atoms with E-state index in [1.165, 1.54) is 15.3 Å². The van der Waals surface area contributed by atoms with Crippen molar-refractivity contribution in [1.29, 1.82) is 0 Å². The van der Waals surface area contributed by atoms with Crippen LogP contribution in [0.1, 0.15) is 53.0 Å². The van der Waals surface area contributed by atoms with Gasteiger partial charge in [0, 0.05) is 22.5 Å². The lowest BCUT2D eigenvalue weighted by atomic mass is 9.86. The second-order valence-corrected chi connectivity index (χ2v) is 18.9. The van der Waals surface area contributed by atoms with Gasteiger partial charge in [-0.15, -0.1) is 11.8 Å². The van der Waals surface area contributed by atoms with E-state index in [0.717, 1.165) is 22.6 Å². The highest BCUT2D eigenvalue weighted by molar-refractivity contribution is 7.99. The van der Waals surface area contributed by atoms with Crippen LogP contribution in [0, 0.1) is 5.41 Å². The lowest BCUT2D eigenvalue weighted by molar-refractivity contribution is -0.125. The Kier molecular flexibility index (Phi) is 13.3. The third-order valence-electron chi connectivity index (χ3n) is 8.57. The summed E-state index contributed by atoms with van der Waals surface area (Å²) in [4.78, 5) is 15.0. The molecule has 4 aromatic carbocycles. The van der Waals surface area contributed by atoms with E-state index in [0.29, 0.717) is 32.7 Å². The highest BCUT2D eigenvalue weighted by atomic mass is 32.2. The number of carbonyl (C=O) groups excluding carboxylic acids is 1. The number of rotatable bonds is 17. The van der Waals surface area contributed by atoms with E-state index >= 15 is 0 Å². The van der Waals surface area contributed by atoms with Gasteiger partial charge in [-0.25, -0.2) is 0 Å². The average Bonchev–Trinajstić information content (AvgIpc) is 3.08. The molecule has 0 fully saturated rings. The van der Waals surface area contributed by atoms with Crippen molar-refractivity contribution >= 4 is 36.2 Å². The van der Waals surface area contributed by atoms with Crippen LogP contribution in [0.15, 0.2) is 132 Å². The Labute approximate surface area is 287 Å². The topological polar surface area (TPSA) is 44.8 Å². The van der Waals surface area contributed by atoms with Gasteiger partial charge in [-0.3, -0.25) is 4.79 Å². The van der Waals surface area contributed by atoms with Crippen LogP contribution in [0.25, 0.3) is 0 Å². The molecule has 0 heterocycles. The van der Waals surface area contributed by atoms with Crippen molar-refractivity contribution in [3.05, 3.63) is 132 Å². The van der Waals surface area contributed by atoms with Crippen molar-refractivity contribution in [2.75, 3.05) is 26.1 Å². The monoisotopic (exact) mass is 666 g/mol. The summed E-state index contributed by atoms with van der Waals surface area (Å²) in [6, 6.07) is 39.6. The molecule has 0 aliphatic rings. The minimum absolute atomic E-state index is 0.127. The van der Waals surface area contributed by atoms with Crippen molar-refractivity contribution in [3.8, 4) is 5.75 Å². The third kappa shape index (κ3) is 10.0. The number of ether oxygens (including phenoxy) is 2. The molecule has 0 unspecified atom stereocenters. The van der Waals surface area contributed by atoms with E-state index in [9.17, 15) is 4.79 Å². The Morgan fingerprint density at radius 1 is 0.766 bits per heavy atom. The van der Waals surface area contributed by atoms with Gasteiger partial charge in [0.15, 0.2) is 0 Å². The fraction of sp³-hybridized carbons (Fsp3) is 0.341. The first-order chi connectivity index (χ1) is 22.5. The molecular formula is C41H50O4SSi. The van der Waals surface area contributed by atoms with Gasteiger partial charge in [0.1, 0.15) is 11.5 Å². The fourth-order valence-electron chi connectivity index (χ4n) is 5.73. The standard InChI is InChI=1S/C41H50O4SSi/c1-40(2,3)47(37-18-12-8-13-19-37,38-20-14-9-15-21-38)45-29-27-33(26-28-44-31-34-22-24-35(43-6)25-23-34)30-39(42)41(4,5)32-46-36-16-10-7-11-17-36/h7-25,27H,26,28-32H2,1-6H3/b33-27+. The summed E-state index contributed by atoms with van der Waals surface area (Å²) in [6.45, 7) is 12.4. The molecule has 0 aliphatic heterocycles. The molecule has 4 aromatic rings. The lowest BCUT2D eigenvalue weighted by Crippen LogP contribution is -2.66. The zero-order valence-corrected chi connectivity index (χ0v) is 30.6. The predicted octanol–water partition coefficient (Wildman–Crippen LogP) is 8.88. The normalized spacial score (nSPS) is 12.6. The summed E-state index contributed by atoms with van der Waals surface area (Å²) in [6.07, 6.45) is 3.18. The predicted molar refractivity (Wildman–Crippen MR) is 199 cm³/mol. The molecule has 4 nitrogen and oxygen atoms in total. The van der Waals surface area contributed by atoms with Gasteiger partial charge in [-0.1, -0.05) is 137 Å². The number of benzene rings is 4. The molecule has 0 aromatic heterocycles. The van der Waals surface area contributed by atoms with Gasteiger partial charge in [0.25, 0.3) is 8.32 Å². The van der Waals surface area contributed by atoms with E-state index < -0.39 is 13.7 Å². The fourth-order valence-corrected chi connectivity index (χ4v) is 11.3. The lowest BCUT2D eigenvalue weighted by Gasteiger charge is -2.42. The van der Waals surface area contributed by atoms with Crippen LogP contribution in [0.4, 0.5) is 0 Å². The van der Waals surface area contributed by atoms with Gasteiger partial charge in [0.2, 0.25) is 0 Å². The number of Topliss-reactive ketones (excluding diaryl/α,β-unsaturated/α-hetero) is 1. The van der Waals surface area contributed by atoms with Gasteiger partial charge < -0.3 is 13.9 Å². The number of methoxy groups -OCH3 is 1. The summed E-state index contributed by atoms with van der Waals surface area (Å²) in [5.74, 6) is 1.77. The summed E-state index contributed by atoms with van der Waals surface area (Å²) >= 11 is 1.73. The molecule has 0 saturated heterocycles. The maximum absolute atomic E-state index is 13.8. The number of hydrogen-bond donors (Lipinski definition) is 0. The van der Waals surface area contributed by atoms with Crippen LogP contribution in [0.3, 0.4) is 0 Å². The maximum Gasteiger partial charge on any atom is 0.261 e.